The number of ether oxygens (including phenoxy) is 1. The number of hydrogen-bond acceptors (Lipinski definition) is 4. The van der Waals surface area contributed by atoms with Gasteiger partial charge in [-0.25, -0.2) is 4.68 Å². The van der Waals surface area contributed by atoms with Crippen molar-refractivity contribution in [2.45, 2.75) is 26.9 Å². The Bertz CT molecular complexity index is 342. The average Bonchev–Trinajstić information content (AvgIpc) is 2.31. The predicted molar refractivity (Wildman–Crippen MR) is 53.1 cm³/mol. The van der Waals surface area contributed by atoms with Crippen LogP contribution in [0.3, 0.4) is 0 Å². The molecule has 0 aliphatic heterocycles. The third-order valence-electron chi connectivity index (χ3n) is 1.75. The molecule has 0 radical (unpaired) electrons. The fourth-order valence-corrected chi connectivity index (χ4v) is 1.22. The maximum atomic E-state index is 8.49. The Labute approximate surface area is 83.0 Å². The fraction of sp³-hybridized carbons (Fsp3) is 0.556. The van der Waals surface area contributed by atoms with Crippen LogP contribution in [0.15, 0.2) is 5.16 Å². The van der Waals surface area contributed by atoms with Gasteiger partial charge in [0.05, 0.1) is 23.6 Å². The zero-order valence-corrected chi connectivity index (χ0v) is 8.85. The standard InChI is InChI=1S/C9H15N3O2/c1-6(2)14-9-8(5-10-13)7(3)11-12(9)4/h5-6,13H,1-4H3. The highest BCUT2D eigenvalue weighted by Gasteiger charge is 2.13. The van der Waals surface area contributed by atoms with Crippen LogP contribution in [0.4, 0.5) is 0 Å². The zero-order valence-electron chi connectivity index (χ0n) is 8.85. The first-order valence-corrected chi connectivity index (χ1v) is 4.44. The second-order valence-electron chi connectivity index (χ2n) is 3.34. The molecule has 1 aromatic heterocycles. The van der Waals surface area contributed by atoms with Crippen molar-refractivity contribution in [3.05, 3.63) is 11.3 Å². The van der Waals surface area contributed by atoms with Crippen molar-refractivity contribution in [1.29, 1.82) is 0 Å². The van der Waals surface area contributed by atoms with Crippen LogP contribution in [0.2, 0.25) is 0 Å². The molecule has 0 aromatic carbocycles. The van der Waals surface area contributed by atoms with Gasteiger partial charge in [0, 0.05) is 7.05 Å². The predicted octanol–water partition coefficient (Wildman–Crippen LogP) is 1.32. The zero-order chi connectivity index (χ0) is 10.7. The summed E-state index contributed by atoms with van der Waals surface area (Å²) in [4.78, 5) is 0. The molecular weight excluding hydrogens is 182 g/mol. The molecule has 14 heavy (non-hydrogen) atoms. The van der Waals surface area contributed by atoms with Crippen molar-refractivity contribution in [3.8, 4) is 5.88 Å². The lowest BCUT2D eigenvalue weighted by Gasteiger charge is -2.09. The first-order valence-electron chi connectivity index (χ1n) is 4.44. The molecule has 5 heteroatoms. The van der Waals surface area contributed by atoms with Crippen molar-refractivity contribution in [2.24, 2.45) is 12.2 Å². The van der Waals surface area contributed by atoms with E-state index in [2.05, 4.69) is 10.3 Å². The quantitative estimate of drug-likeness (QED) is 0.451. The van der Waals surface area contributed by atoms with Crippen LogP contribution in [0, 0.1) is 6.92 Å². The Morgan fingerprint density at radius 1 is 1.57 bits per heavy atom. The summed E-state index contributed by atoms with van der Waals surface area (Å²) in [6.45, 7) is 5.70. The van der Waals surface area contributed by atoms with E-state index in [9.17, 15) is 0 Å². The van der Waals surface area contributed by atoms with Crippen molar-refractivity contribution in [3.63, 3.8) is 0 Å². The molecule has 1 rings (SSSR count). The minimum Gasteiger partial charge on any atom is -0.475 e. The van der Waals surface area contributed by atoms with Gasteiger partial charge in [-0.3, -0.25) is 0 Å². The molecule has 1 N–H and O–H groups in total. The summed E-state index contributed by atoms with van der Waals surface area (Å²) in [7, 11) is 1.79. The van der Waals surface area contributed by atoms with E-state index >= 15 is 0 Å². The SMILES string of the molecule is Cc1nn(C)c(OC(C)C)c1C=NO. The molecule has 78 valence electrons. The number of oxime groups is 1. The average molecular weight is 197 g/mol. The summed E-state index contributed by atoms with van der Waals surface area (Å²) in [5.41, 5.74) is 1.49. The molecule has 1 heterocycles. The van der Waals surface area contributed by atoms with E-state index in [1.54, 1.807) is 11.7 Å². The van der Waals surface area contributed by atoms with E-state index in [-0.39, 0.29) is 6.10 Å². The van der Waals surface area contributed by atoms with Gasteiger partial charge >= 0.3 is 0 Å². The molecule has 0 spiro atoms. The Kier molecular flexibility index (Phi) is 3.11. The van der Waals surface area contributed by atoms with E-state index in [0.717, 1.165) is 5.69 Å². The Morgan fingerprint density at radius 3 is 2.71 bits per heavy atom. The van der Waals surface area contributed by atoms with Crippen LogP contribution < -0.4 is 4.74 Å². The molecule has 0 aliphatic carbocycles. The highest BCUT2D eigenvalue weighted by Crippen LogP contribution is 2.20. The van der Waals surface area contributed by atoms with Crippen LogP contribution >= 0.6 is 0 Å². The van der Waals surface area contributed by atoms with E-state index in [1.165, 1.54) is 6.21 Å². The molecule has 0 saturated heterocycles. The lowest BCUT2D eigenvalue weighted by atomic mass is 10.3. The number of aryl methyl sites for hydroxylation is 2. The minimum absolute atomic E-state index is 0.0654. The smallest absolute Gasteiger partial charge is 0.221 e. The van der Waals surface area contributed by atoms with Crippen molar-refractivity contribution >= 4 is 6.21 Å². The summed E-state index contributed by atoms with van der Waals surface area (Å²) >= 11 is 0. The lowest BCUT2D eigenvalue weighted by molar-refractivity contribution is 0.221. The van der Waals surface area contributed by atoms with Gasteiger partial charge in [-0.05, 0) is 20.8 Å². The van der Waals surface area contributed by atoms with Gasteiger partial charge in [0.1, 0.15) is 0 Å². The molecule has 0 fully saturated rings. The van der Waals surface area contributed by atoms with Gasteiger partial charge in [-0.1, -0.05) is 5.16 Å². The number of rotatable bonds is 3. The van der Waals surface area contributed by atoms with Crippen LogP contribution in [-0.4, -0.2) is 27.3 Å². The monoisotopic (exact) mass is 197 g/mol. The Hall–Kier alpha value is -1.52. The summed E-state index contributed by atoms with van der Waals surface area (Å²) in [6, 6.07) is 0. The van der Waals surface area contributed by atoms with Gasteiger partial charge in [0.15, 0.2) is 0 Å². The first-order chi connectivity index (χ1) is 6.56. The van der Waals surface area contributed by atoms with Crippen molar-refractivity contribution in [2.75, 3.05) is 0 Å². The fourth-order valence-electron chi connectivity index (χ4n) is 1.22. The summed E-state index contributed by atoms with van der Waals surface area (Å²) in [5, 5.41) is 15.7. The maximum Gasteiger partial charge on any atom is 0.221 e. The van der Waals surface area contributed by atoms with Gasteiger partial charge in [-0.2, -0.15) is 5.10 Å². The molecule has 0 saturated carbocycles. The van der Waals surface area contributed by atoms with Gasteiger partial charge in [-0.15, -0.1) is 0 Å². The number of nitrogens with zero attached hydrogens (tertiary/aromatic N) is 3. The van der Waals surface area contributed by atoms with Crippen LogP contribution in [0.1, 0.15) is 25.1 Å². The normalized spacial score (nSPS) is 11.5. The Balaban J connectivity index is 3.11. The van der Waals surface area contributed by atoms with Gasteiger partial charge in [0.2, 0.25) is 5.88 Å². The van der Waals surface area contributed by atoms with Crippen molar-refractivity contribution < 1.29 is 9.94 Å². The second kappa shape index (κ2) is 4.13. The first kappa shape index (κ1) is 10.6. The lowest BCUT2D eigenvalue weighted by Crippen LogP contribution is -2.10. The summed E-state index contributed by atoms with van der Waals surface area (Å²) in [6.07, 6.45) is 1.40. The molecule has 0 aliphatic rings. The van der Waals surface area contributed by atoms with E-state index in [4.69, 9.17) is 9.94 Å². The van der Waals surface area contributed by atoms with E-state index in [1.807, 2.05) is 20.8 Å². The van der Waals surface area contributed by atoms with Crippen LogP contribution in [0.25, 0.3) is 0 Å². The van der Waals surface area contributed by atoms with E-state index in [0.29, 0.717) is 11.4 Å². The molecule has 0 atom stereocenters. The molecular formula is C9H15N3O2. The van der Waals surface area contributed by atoms with Crippen molar-refractivity contribution in [1.82, 2.24) is 9.78 Å². The Morgan fingerprint density at radius 2 is 2.21 bits per heavy atom. The molecule has 0 unspecified atom stereocenters. The van der Waals surface area contributed by atoms with Gasteiger partial charge < -0.3 is 9.94 Å². The van der Waals surface area contributed by atoms with Crippen LogP contribution in [0.5, 0.6) is 5.88 Å². The largest absolute Gasteiger partial charge is 0.475 e. The molecule has 0 bridgehead atoms. The second-order valence-corrected chi connectivity index (χ2v) is 3.34. The van der Waals surface area contributed by atoms with Gasteiger partial charge in [0.25, 0.3) is 0 Å². The maximum absolute atomic E-state index is 8.49. The summed E-state index contributed by atoms with van der Waals surface area (Å²) < 4.78 is 7.18. The minimum atomic E-state index is 0.0654. The van der Waals surface area contributed by atoms with E-state index < -0.39 is 0 Å². The van der Waals surface area contributed by atoms with Crippen LogP contribution in [-0.2, 0) is 7.05 Å². The number of hydrogen-bond donors (Lipinski definition) is 1. The molecule has 0 amide bonds. The molecule has 5 nitrogen and oxygen atoms in total. The highest BCUT2D eigenvalue weighted by molar-refractivity contribution is 5.83. The third kappa shape index (κ3) is 2.04. The highest BCUT2D eigenvalue weighted by atomic mass is 16.5. The summed E-state index contributed by atoms with van der Waals surface area (Å²) in [5.74, 6) is 0.621. The number of aromatic nitrogens is 2. The third-order valence-corrected chi connectivity index (χ3v) is 1.75. The molecule has 1 aromatic rings. The topological polar surface area (TPSA) is 59.6 Å².